The fraction of sp³-hybridized carbons (Fsp3) is 0. The van der Waals surface area contributed by atoms with E-state index in [9.17, 15) is 0 Å². The van der Waals surface area contributed by atoms with Crippen LogP contribution in [0.3, 0.4) is 0 Å². The first-order valence-electron chi connectivity index (χ1n) is 19.8. The van der Waals surface area contributed by atoms with Gasteiger partial charge in [0.2, 0.25) is 0 Å². The second-order valence-electron chi connectivity index (χ2n) is 15.2. The Hall–Kier alpha value is -6.85. The predicted octanol–water partition coefficient (Wildman–Crippen LogP) is 12.2. The molecule has 4 heteroatoms. The van der Waals surface area contributed by atoms with E-state index < -0.39 is 8.07 Å². The molecule has 0 saturated carbocycles. The minimum atomic E-state index is -2.70. The third-order valence-corrected chi connectivity index (χ3v) is 18.7. The maximum absolute atomic E-state index is 6.54. The van der Waals surface area contributed by atoms with E-state index in [0.717, 1.165) is 33.3 Å². The minimum absolute atomic E-state index is 0.879. The lowest BCUT2D eigenvalue weighted by molar-refractivity contribution is 0.669. The Balaban J connectivity index is 1.09. The third-order valence-electron chi connectivity index (χ3n) is 12.2. The van der Waals surface area contributed by atoms with Crippen LogP contribution in [-0.4, -0.2) is 8.07 Å². The molecule has 0 N–H and O–H groups in total. The fourth-order valence-electron chi connectivity index (χ4n) is 9.71. The van der Waals surface area contributed by atoms with Crippen LogP contribution in [0.2, 0.25) is 0 Å². The zero-order valence-electron chi connectivity index (χ0n) is 31.5. The summed E-state index contributed by atoms with van der Waals surface area (Å²) in [6.07, 6.45) is 0. The summed E-state index contributed by atoms with van der Waals surface area (Å²) >= 11 is 1.91. The van der Waals surface area contributed by atoms with Gasteiger partial charge in [0, 0.05) is 38.0 Å². The molecule has 1 aromatic heterocycles. The molecular formula is C54H35NOSSi. The Morgan fingerprint density at radius 3 is 1.67 bits per heavy atom. The highest BCUT2D eigenvalue weighted by atomic mass is 32.2. The van der Waals surface area contributed by atoms with Crippen LogP contribution in [0.4, 0.5) is 17.1 Å². The molecule has 12 rings (SSSR count). The molecule has 0 bridgehead atoms. The molecule has 0 amide bonds. The molecule has 9 aromatic carbocycles. The smallest absolute Gasteiger partial charge is 0.183 e. The number of rotatable bonds is 5. The van der Waals surface area contributed by atoms with Gasteiger partial charge in [-0.15, -0.1) is 0 Å². The number of furan rings is 1. The largest absolute Gasteiger partial charge is 0.456 e. The van der Waals surface area contributed by atoms with Crippen molar-refractivity contribution in [2.75, 3.05) is 4.90 Å². The van der Waals surface area contributed by atoms with Crippen molar-refractivity contribution in [2.45, 2.75) is 9.79 Å². The minimum Gasteiger partial charge on any atom is -0.456 e. The molecule has 10 aromatic rings. The number of fused-ring (bicyclic) bond motifs is 12. The number of anilines is 3. The molecule has 272 valence electrons. The summed E-state index contributed by atoms with van der Waals surface area (Å²) in [7, 11) is -2.70. The second kappa shape index (κ2) is 13.1. The van der Waals surface area contributed by atoms with Gasteiger partial charge in [0.25, 0.3) is 0 Å². The number of benzene rings is 9. The van der Waals surface area contributed by atoms with Gasteiger partial charge in [-0.05, 0) is 96.6 Å². The molecule has 2 aliphatic heterocycles. The normalized spacial score (nSPS) is 13.2. The number of para-hydroxylation sites is 1. The van der Waals surface area contributed by atoms with Gasteiger partial charge in [-0.2, -0.15) is 0 Å². The first-order chi connectivity index (χ1) is 28.8. The molecule has 2 aliphatic rings. The molecular weight excluding hydrogens is 739 g/mol. The Bertz CT molecular complexity index is 3180. The molecule has 0 aliphatic carbocycles. The van der Waals surface area contributed by atoms with Gasteiger partial charge in [-0.25, -0.2) is 0 Å². The van der Waals surface area contributed by atoms with Crippen molar-refractivity contribution in [3.05, 3.63) is 212 Å². The van der Waals surface area contributed by atoms with Crippen LogP contribution in [-0.2, 0) is 0 Å². The Kier molecular flexibility index (Phi) is 7.52. The fourth-order valence-corrected chi connectivity index (χ4v) is 17.2. The average Bonchev–Trinajstić information content (AvgIpc) is 3.81. The van der Waals surface area contributed by atoms with Gasteiger partial charge in [0.1, 0.15) is 11.2 Å². The van der Waals surface area contributed by atoms with E-state index in [-0.39, 0.29) is 0 Å². The first kappa shape index (κ1) is 33.3. The van der Waals surface area contributed by atoms with Crippen LogP contribution in [0.1, 0.15) is 0 Å². The molecule has 0 saturated heterocycles. The van der Waals surface area contributed by atoms with Crippen molar-refractivity contribution < 1.29 is 4.42 Å². The van der Waals surface area contributed by atoms with Crippen LogP contribution in [0.5, 0.6) is 0 Å². The lowest BCUT2D eigenvalue weighted by atomic mass is 9.94. The Labute approximate surface area is 342 Å². The van der Waals surface area contributed by atoms with Crippen molar-refractivity contribution >= 4 is 79.6 Å². The summed E-state index contributed by atoms with van der Waals surface area (Å²) < 4.78 is 6.54. The molecule has 0 atom stereocenters. The summed E-state index contributed by atoms with van der Waals surface area (Å²) in [5.41, 5.74) is 12.6. The van der Waals surface area contributed by atoms with E-state index in [0.29, 0.717) is 0 Å². The van der Waals surface area contributed by atoms with Crippen molar-refractivity contribution in [1.29, 1.82) is 0 Å². The number of hydrogen-bond donors (Lipinski definition) is 0. The van der Waals surface area contributed by atoms with Crippen LogP contribution in [0.25, 0.3) is 55.3 Å². The molecule has 0 fully saturated rings. The van der Waals surface area contributed by atoms with E-state index in [1.807, 2.05) is 17.8 Å². The summed E-state index contributed by atoms with van der Waals surface area (Å²) in [6, 6.07) is 78.1. The Morgan fingerprint density at radius 1 is 0.379 bits per heavy atom. The number of hydrogen-bond acceptors (Lipinski definition) is 3. The molecule has 0 unspecified atom stereocenters. The quantitative estimate of drug-likeness (QED) is 0.162. The summed E-state index contributed by atoms with van der Waals surface area (Å²) in [4.78, 5) is 5.09. The summed E-state index contributed by atoms with van der Waals surface area (Å²) in [5, 5.41) is 8.11. The van der Waals surface area contributed by atoms with Crippen molar-refractivity contribution in [3.8, 4) is 33.4 Å². The maximum Gasteiger partial charge on any atom is 0.183 e. The highest BCUT2D eigenvalue weighted by molar-refractivity contribution is 8.00. The zero-order valence-corrected chi connectivity index (χ0v) is 33.3. The van der Waals surface area contributed by atoms with E-state index in [4.69, 9.17) is 4.42 Å². The van der Waals surface area contributed by atoms with Crippen LogP contribution in [0.15, 0.2) is 227 Å². The maximum atomic E-state index is 6.54. The highest BCUT2D eigenvalue weighted by Crippen LogP contribution is 2.47. The zero-order chi connectivity index (χ0) is 38.2. The molecule has 1 spiro atoms. The number of nitrogens with zero attached hydrogens (tertiary/aromatic N) is 1. The topological polar surface area (TPSA) is 16.4 Å². The monoisotopic (exact) mass is 773 g/mol. The van der Waals surface area contributed by atoms with E-state index >= 15 is 0 Å². The van der Waals surface area contributed by atoms with Gasteiger partial charge in [0.05, 0.1) is 5.69 Å². The second-order valence-corrected chi connectivity index (χ2v) is 19.9. The molecule has 0 radical (unpaired) electrons. The van der Waals surface area contributed by atoms with E-state index in [1.54, 1.807) is 0 Å². The molecule has 2 nitrogen and oxygen atoms in total. The van der Waals surface area contributed by atoms with Gasteiger partial charge in [-0.1, -0.05) is 176 Å². The van der Waals surface area contributed by atoms with Gasteiger partial charge >= 0.3 is 0 Å². The highest BCUT2D eigenvalue weighted by Gasteiger charge is 2.53. The van der Waals surface area contributed by atoms with Crippen molar-refractivity contribution in [1.82, 2.24) is 0 Å². The first-order valence-corrected chi connectivity index (χ1v) is 22.7. The van der Waals surface area contributed by atoms with Crippen LogP contribution < -0.4 is 25.6 Å². The molecule has 3 heterocycles. The SMILES string of the molecule is c1ccc(-c2ccccc2-c2ccc(N(c3ccc4c(c3)oc3ccccc34)c3cccc4c3Sc3ccccc3[Si]43c4ccccc4-c4ccccc43)cc2)cc1. The van der Waals surface area contributed by atoms with Gasteiger partial charge < -0.3 is 9.32 Å². The Morgan fingerprint density at radius 2 is 0.931 bits per heavy atom. The lowest BCUT2D eigenvalue weighted by Gasteiger charge is -2.39. The van der Waals surface area contributed by atoms with E-state index in [2.05, 4.69) is 211 Å². The average molecular weight is 774 g/mol. The van der Waals surface area contributed by atoms with Gasteiger partial charge in [-0.3, -0.25) is 0 Å². The van der Waals surface area contributed by atoms with Crippen molar-refractivity contribution in [2.24, 2.45) is 0 Å². The van der Waals surface area contributed by atoms with Crippen LogP contribution >= 0.6 is 11.8 Å². The third kappa shape index (κ3) is 4.86. The van der Waals surface area contributed by atoms with Crippen LogP contribution in [0, 0.1) is 0 Å². The summed E-state index contributed by atoms with van der Waals surface area (Å²) in [6.45, 7) is 0. The summed E-state index contributed by atoms with van der Waals surface area (Å²) in [5.74, 6) is 0. The van der Waals surface area contributed by atoms with Crippen molar-refractivity contribution in [3.63, 3.8) is 0 Å². The lowest BCUT2D eigenvalue weighted by Crippen LogP contribution is -2.74. The predicted molar refractivity (Wildman–Crippen MR) is 246 cm³/mol. The van der Waals surface area contributed by atoms with Gasteiger partial charge in [0.15, 0.2) is 8.07 Å². The molecule has 58 heavy (non-hydrogen) atoms. The standard InChI is InChI=1S/C54H35NOSSi/c1-2-15-36(16-3-1)40-17-4-5-18-41(40)37-29-31-38(32-30-37)55(39-33-34-43-42-19-6-9-23-47(42)56-48(43)35-39)46-22-14-28-53-54(46)57-49-24-10-13-27-52(49)58(53)50-25-11-7-20-44(50)45-21-8-12-26-51(45)58/h1-35H. The van der Waals surface area contributed by atoms with E-state index in [1.165, 1.54) is 69.6 Å².